The smallest absolute Gasteiger partial charge is 0.278 e. The van der Waals surface area contributed by atoms with Crippen LogP contribution in [-0.2, 0) is 4.79 Å². The summed E-state index contributed by atoms with van der Waals surface area (Å²) in [6.07, 6.45) is 3.68. The fraction of sp³-hybridized carbons (Fsp3) is 0.300. The summed E-state index contributed by atoms with van der Waals surface area (Å²) in [6.45, 7) is 2.73. The largest absolute Gasteiger partial charge is 0.293 e. The second kappa shape index (κ2) is 6.98. The Morgan fingerprint density at radius 1 is 1.00 bits per heavy atom. The Hall–Kier alpha value is -2.17. The lowest BCUT2D eigenvalue weighted by Gasteiger charge is -2.30. The molecule has 2 aromatic carbocycles. The average molecular weight is 354 g/mol. The SMILES string of the molecule is O=C1C(=Nc2cccc(Cl)c2)c2ccccc2N1CN1CCCCC1. The van der Waals surface area contributed by atoms with Gasteiger partial charge in [-0.25, -0.2) is 4.99 Å². The van der Waals surface area contributed by atoms with Crippen LogP contribution in [0.5, 0.6) is 0 Å². The number of hydrogen-bond donors (Lipinski definition) is 0. The summed E-state index contributed by atoms with van der Waals surface area (Å²) in [5, 5.41) is 0.616. The van der Waals surface area contributed by atoms with Crippen LogP contribution in [0.15, 0.2) is 53.5 Å². The Kier molecular flexibility index (Phi) is 4.55. The molecule has 2 aromatic rings. The molecule has 2 aliphatic heterocycles. The molecule has 0 unspecified atom stereocenters. The van der Waals surface area contributed by atoms with Gasteiger partial charge in [0.1, 0.15) is 5.71 Å². The molecule has 0 bridgehead atoms. The van der Waals surface area contributed by atoms with Crippen molar-refractivity contribution in [3.8, 4) is 0 Å². The number of piperidine rings is 1. The molecule has 0 radical (unpaired) electrons. The van der Waals surface area contributed by atoms with E-state index in [1.165, 1.54) is 19.3 Å². The molecule has 1 fully saturated rings. The van der Waals surface area contributed by atoms with Crippen molar-refractivity contribution in [2.24, 2.45) is 4.99 Å². The first-order valence-corrected chi connectivity index (χ1v) is 9.08. The van der Waals surface area contributed by atoms with Gasteiger partial charge in [-0.1, -0.05) is 42.3 Å². The number of carbonyl (C=O) groups is 1. The highest BCUT2D eigenvalue weighted by Crippen LogP contribution is 2.31. The van der Waals surface area contributed by atoms with E-state index < -0.39 is 0 Å². The Balaban J connectivity index is 1.68. The van der Waals surface area contributed by atoms with E-state index in [-0.39, 0.29) is 5.91 Å². The molecule has 2 heterocycles. The van der Waals surface area contributed by atoms with Gasteiger partial charge >= 0.3 is 0 Å². The lowest BCUT2D eigenvalue weighted by molar-refractivity contribution is -0.112. The number of para-hydroxylation sites is 1. The van der Waals surface area contributed by atoms with Gasteiger partial charge in [0.2, 0.25) is 0 Å². The van der Waals surface area contributed by atoms with E-state index in [9.17, 15) is 4.79 Å². The van der Waals surface area contributed by atoms with E-state index in [2.05, 4.69) is 9.89 Å². The van der Waals surface area contributed by atoms with Crippen molar-refractivity contribution < 1.29 is 4.79 Å². The number of amides is 1. The number of anilines is 1. The molecule has 0 aliphatic carbocycles. The molecule has 0 aromatic heterocycles. The minimum absolute atomic E-state index is 0.0354. The van der Waals surface area contributed by atoms with Crippen molar-refractivity contribution in [3.05, 3.63) is 59.1 Å². The first kappa shape index (κ1) is 16.3. The lowest BCUT2D eigenvalue weighted by Crippen LogP contribution is -2.43. The molecule has 4 rings (SSSR count). The molecule has 128 valence electrons. The van der Waals surface area contributed by atoms with Crippen LogP contribution in [0.25, 0.3) is 0 Å². The van der Waals surface area contributed by atoms with E-state index in [0.29, 0.717) is 23.1 Å². The predicted octanol–water partition coefficient (Wildman–Crippen LogP) is 4.25. The molecule has 25 heavy (non-hydrogen) atoms. The number of hydrogen-bond acceptors (Lipinski definition) is 3. The standard InChI is InChI=1S/C20H20ClN3O/c21-15-7-6-8-16(13-15)22-19-17-9-2-3-10-18(17)24(20(19)25)14-23-11-4-1-5-12-23/h2-3,6-10,13H,1,4-5,11-12,14H2. The van der Waals surface area contributed by atoms with Crippen LogP contribution >= 0.6 is 11.6 Å². The topological polar surface area (TPSA) is 35.9 Å². The summed E-state index contributed by atoms with van der Waals surface area (Å²) < 4.78 is 0. The lowest BCUT2D eigenvalue weighted by atomic mass is 10.1. The first-order valence-electron chi connectivity index (χ1n) is 8.70. The molecule has 1 saturated heterocycles. The van der Waals surface area contributed by atoms with Crippen LogP contribution in [0, 0.1) is 0 Å². The third-order valence-electron chi connectivity index (χ3n) is 4.74. The second-order valence-corrected chi connectivity index (χ2v) is 6.95. The van der Waals surface area contributed by atoms with Crippen LogP contribution in [0.1, 0.15) is 24.8 Å². The van der Waals surface area contributed by atoms with Crippen molar-refractivity contribution in [3.63, 3.8) is 0 Å². The summed E-state index contributed by atoms with van der Waals surface area (Å²) >= 11 is 6.05. The van der Waals surface area contributed by atoms with Gasteiger partial charge in [0.25, 0.3) is 5.91 Å². The Labute approximate surface area is 152 Å². The van der Waals surface area contributed by atoms with Gasteiger partial charge in [-0.15, -0.1) is 0 Å². The van der Waals surface area contributed by atoms with E-state index in [0.717, 1.165) is 24.3 Å². The Morgan fingerprint density at radius 3 is 2.60 bits per heavy atom. The van der Waals surface area contributed by atoms with Gasteiger partial charge < -0.3 is 0 Å². The minimum Gasteiger partial charge on any atom is -0.293 e. The monoisotopic (exact) mass is 353 g/mol. The molecule has 0 saturated carbocycles. The predicted molar refractivity (Wildman–Crippen MR) is 102 cm³/mol. The van der Waals surface area contributed by atoms with Crippen LogP contribution in [-0.4, -0.2) is 36.3 Å². The molecule has 4 nitrogen and oxygen atoms in total. The zero-order valence-corrected chi connectivity index (χ0v) is 14.7. The fourth-order valence-corrected chi connectivity index (χ4v) is 3.67. The van der Waals surface area contributed by atoms with Crippen LogP contribution < -0.4 is 4.90 Å². The highest BCUT2D eigenvalue weighted by atomic mass is 35.5. The summed E-state index contributed by atoms with van der Waals surface area (Å²) in [7, 11) is 0. The summed E-state index contributed by atoms with van der Waals surface area (Å²) in [5.41, 5.74) is 3.03. The average Bonchev–Trinajstić information content (AvgIpc) is 2.89. The molecule has 5 heteroatoms. The van der Waals surface area contributed by atoms with Crippen molar-refractivity contribution in [2.45, 2.75) is 19.3 Å². The molecule has 0 N–H and O–H groups in total. The molecule has 1 amide bonds. The normalized spacial score (nSPS) is 19.5. The molecule has 2 aliphatic rings. The maximum atomic E-state index is 13.1. The number of carbonyl (C=O) groups excluding carboxylic acids is 1. The Bertz CT molecular complexity index is 827. The minimum atomic E-state index is -0.0354. The summed E-state index contributed by atoms with van der Waals surface area (Å²) in [4.78, 5) is 21.9. The second-order valence-electron chi connectivity index (χ2n) is 6.51. The summed E-state index contributed by atoms with van der Waals surface area (Å²) in [5.74, 6) is -0.0354. The highest BCUT2D eigenvalue weighted by molar-refractivity contribution is 6.54. The first-order chi connectivity index (χ1) is 12.2. The number of nitrogens with zero attached hydrogens (tertiary/aromatic N) is 3. The van der Waals surface area contributed by atoms with Crippen molar-refractivity contribution in [2.75, 3.05) is 24.7 Å². The van der Waals surface area contributed by atoms with Gasteiger partial charge in [0, 0.05) is 10.6 Å². The highest BCUT2D eigenvalue weighted by Gasteiger charge is 2.34. The van der Waals surface area contributed by atoms with Gasteiger partial charge in [-0.3, -0.25) is 14.6 Å². The fourth-order valence-electron chi connectivity index (χ4n) is 3.49. The van der Waals surface area contributed by atoms with E-state index in [1.54, 1.807) is 12.1 Å². The maximum absolute atomic E-state index is 13.1. The maximum Gasteiger partial charge on any atom is 0.278 e. The summed E-state index contributed by atoms with van der Waals surface area (Å²) in [6, 6.07) is 15.2. The van der Waals surface area contributed by atoms with Gasteiger partial charge in [0.15, 0.2) is 0 Å². The van der Waals surface area contributed by atoms with Crippen LogP contribution in [0.4, 0.5) is 11.4 Å². The zero-order chi connectivity index (χ0) is 17.2. The van der Waals surface area contributed by atoms with E-state index in [4.69, 9.17) is 11.6 Å². The van der Waals surface area contributed by atoms with Crippen molar-refractivity contribution >= 4 is 34.6 Å². The Morgan fingerprint density at radius 2 is 1.80 bits per heavy atom. The number of fused-ring (bicyclic) bond motifs is 1. The number of rotatable bonds is 3. The number of halogens is 1. The van der Waals surface area contributed by atoms with Crippen molar-refractivity contribution in [1.82, 2.24) is 4.90 Å². The van der Waals surface area contributed by atoms with Gasteiger partial charge in [-0.05, 0) is 50.2 Å². The van der Waals surface area contributed by atoms with E-state index >= 15 is 0 Å². The molecule has 0 spiro atoms. The van der Waals surface area contributed by atoms with Crippen LogP contribution in [0.3, 0.4) is 0 Å². The van der Waals surface area contributed by atoms with E-state index in [1.807, 2.05) is 41.3 Å². The molecular weight excluding hydrogens is 334 g/mol. The van der Waals surface area contributed by atoms with Gasteiger partial charge in [-0.2, -0.15) is 0 Å². The van der Waals surface area contributed by atoms with Crippen LogP contribution in [0.2, 0.25) is 5.02 Å². The molecular formula is C20H20ClN3O. The quantitative estimate of drug-likeness (QED) is 0.827. The number of aliphatic imine (C=N–C) groups is 1. The molecule has 0 atom stereocenters. The zero-order valence-electron chi connectivity index (χ0n) is 14.0. The van der Waals surface area contributed by atoms with Crippen molar-refractivity contribution in [1.29, 1.82) is 0 Å². The third-order valence-corrected chi connectivity index (χ3v) is 4.97. The number of likely N-dealkylation sites (tertiary alicyclic amines) is 1. The third kappa shape index (κ3) is 3.32. The number of benzene rings is 2. The van der Waals surface area contributed by atoms with Gasteiger partial charge in [0.05, 0.1) is 18.0 Å².